The van der Waals surface area contributed by atoms with Gasteiger partial charge in [-0.1, -0.05) is 55.0 Å². The Labute approximate surface area is 199 Å². The van der Waals surface area contributed by atoms with Crippen molar-refractivity contribution in [2.24, 2.45) is 18.9 Å². The van der Waals surface area contributed by atoms with Gasteiger partial charge in [0, 0.05) is 13.0 Å². The highest BCUT2D eigenvalue weighted by Crippen LogP contribution is 2.53. The van der Waals surface area contributed by atoms with E-state index in [-0.39, 0.29) is 0 Å². The molecule has 2 bridgehead atoms. The van der Waals surface area contributed by atoms with E-state index >= 15 is 0 Å². The summed E-state index contributed by atoms with van der Waals surface area (Å²) in [6.07, 6.45) is 5.57. The Morgan fingerprint density at radius 1 is 0.879 bits per heavy atom. The molecule has 1 heteroatoms. The molecule has 2 fully saturated rings. The van der Waals surface area contributed by atoms with E-state index in [1.54, 1.807) is 0 Å². The fraction of sp³-hybridized carbons (Fsp3) is 0.344. The molecule has 1 nitrogen and oxygen atoms in total. The first-order valence-corrected chi connectivity index (χ1v) is 12.5. The maximum Gasteiger partial charge on any atom is 0.220 e. The predicted octanol–water partition coefficient (Wildman–Crippen LogP) is 7.83. The quantitative estimate of drug-likeness (QED) is 0.290. The molecule has 0 saturated heterocycles. The summed E-state index contributed by atoms with van der Waals surface area (Å²) in [4.78, 5) is 0. The molecule has 0 radical (unpaired) electrons. The van der Waals surface area contributed by atoms with Gasteiger partial charge in [-0.2, -0.15) is 4.57 Å². The van der Waals surface area contributed by atoms with Crippen LogP contribution in [0.2, 0.25) is 0 Å². The zero-order valence-corrected chi connectivity index (χ0v) is 20.3. The van der Waals surface area contributed by atoms with Crippen LogP contribution in [-0.4, -0.2) is 0 Å². The van der Waals surface area contributed by atoms with Crippen LogP contribution in [0.5, 0.6) is 0 Å². The van der Waals surface area contributed by atoms with E-state index in [9.17, 15) is 0 Å². The number of aromatic nitrogens is 1. The molecule has 2 saturated carbocycles. The zero-order chi connectivity index (χ0) is 23.6. The van der Waals surface area contributed by atoms with Crippen LogP contribution in [0.4, 0.5) is 0 Å². The van der Waals surface area contributed by atoms with Gasteiger partial charge in [0.1, 0.15) is 7.05 Å². The van der Waals surface area contributed by atoms with Crippen molar-refractivity contribution in [3.05, 3.63) is 89.1 Å². The number of hydrogen-bond donors (Lipinski definition) is 0. The lowest BCUT2D eigenvalue weighted by Crippen LogP contribution is -2.35. The van der Waals surface area contributed by atoms with E-state index in [4.69, 9.17) is 1.37 Å². The minimum atomic E-state index is 0.667. The molecule has 1 aromatic heterocycles. The van der Waals surface area contributed by atoms with Crippen molar-refractivity contribution in [1.82, 2.24) is 0 Å². The van der Waals surface area contributed by atoms with Crippen molar-refractivity contribution >= 4 is 10.8 Å². The summed E-state index contributed by atoms with van der Waals surface area (Å²) >= 11 is 0. The molecular weight excluding hydrogens is 398 g/mol. The molecule has 3 aromatic carbocycles. The van der Waals surface area contributed by atoms with E-state index in [2.05, 4.69) is 93.0 Å². The predicted molar refractivity (Wildman–Crippen MR) is 138 cm³/mol. The molecule has 4 aromatic rings. The number of fused-ring (bicyclic) bond motifs is 3. The summed E-state index contributed by atoms with van der Waals surface area (Å²) in [5.41, 5.74) is 10.1. The zero-order valence-electron chi connectivity index (χ0n) is 21.3. The first-order valence-electron chi connectivity index (χ1n) is 13.0. The number of hydrogen-bond acceptors (Lipinski definition) is 0. The largest absolute Gasteiger partial charge is 0.220 e. The SMILES string of the molecule is [2H]c1c(C)[n+](C)c(-c2cc(-c3ccccc3)cc(C)c2C)c2ccc(C3CC4CCC3C4)cc12. The summed E-state index contributed by atoms with van der Waals surface area (Å²) in [6.45, 7) is 6.55. The molecular formula is C32H34N+. The van der Waals surface area contributed by atoms with Crippen LogP contribution < -0.4 is 4.57 Å². The van der Waals surface area contributed by atoms with Crippen molar-refractivity contribution in [2.45, 2.75) is 52.4 Å². The third kappa shape index (κ3) is 3.41. The maximum absolute atomic E-state index is 9.01. The molecule has 0 aliphatic heterocycles. The second-order valence-corrected chi connectivity index (χ2v) is 10.5. The van der Waals surface area contributed by atoms with E-state index < -0.39 is 0 Å². The lowest BCUT2D eigenvalue weighted by molar-refractivity contribution is -0.665. The van der Waals surface area contributed by atoms with Gasteiger partial charge >= 0.3 is 0 Å². The van der Waals surface area contributed by atoms with Crippen molar-refractivity contribution in [3.8, 4) is 22.4 Å². The Kier molecular flexibility index (Phi) is 4.64. The van der Waals surface area contributed by atoms with Gasteiger partial charge in [-0.25, -0.2) is 0 Å². The van der Waals surface area contributed by atoms with Crippen molar-refractivity contribution in [2.75, 3.05) is 0 Å². The number of benzene rings is 3. The van der Waals surface area contributed by atoms with Crippen LogP contribution in [0.15, 0.2) is 66.7 Å². The molecule has 166 valence electrons. The highest BCUT2D eigenvalue weighted by molar-refractivity contribution is 5.95. The fourth-order valence-corrected chi connectivity index (χ4v) is 6.61. The highest BCUT2D eigenvalue weighted by Gasteiger charge is 2.40. The van der Waals surface area contributed by atoms with Gasteiger partial charge in [0.15, 0.2) is 5.69 Å². The van der Waals surface area contributed by atoms with Crippen LogP contribution in [0.1, 0.15) is 55.4 Å². The molecule has 0 spiro atoms. The van der Waals surface area contributed by atoms with E-state index in [1.807, 2.05) is 0 Å². The molecule has 1 heterocycles. The average Bonchev–Trinajstić information content (AvgIpc) is 3.49. The normalized spacial score (nSPS) is 22.2. The molecule has 6 rings (SSSR count). The lowest BCUT2D eigenvalue weighted by atomic mass is 9.82. The molecule has 3 unspecified atom stereocenters. The minimum absolute atomic E-state index is 0.667. The lowest BCUT2D eigenvalue weighted by Gasteiger charge is -2.22. The smallest absolute Gasteiger partial charge is 0.198 e. The Morgan fingerprint density at radius 3 is 2.42 bits per heavy atom. The second-order valence-electron chi connectivity index (χ2n) is 10.5. The van der Waals surface area contributed by atoms with Gasteiger partial charge < -0.3 is 0 Å². The van der Waals surface area contributed by atoms with Gasteiger partial charge in [-0.15, -0.1) is 0 Å². The van der Waals surface area contributed by atoms with Gasteiger partial charge in [0.25, 0.3) is 0 Å². The van der Waals surface area contributed by atoms with E-state index in [1.165, 1.54) is 70.1 Å². The first kappa shape index (κ1) is 19.5. The maximum atomic E-state index is 9.01. The van der Waals surface area contributed by atoms with Crippen LogP contribution >= 0.6 is 0 Å². The van der Waals surface area contributed by atoms with Gasteiger partial charge in [0.05, 0.1) is 12.3 Å². The average molecular weight is 434 g/mol. The fourth-order valence-electron chi connectivity index (χ4n) is 6.61. The summed E-state index contributed by atoms with van der Waals surface area (Å²) < 4.78 is 11.2. The molecule has 3 atom stereocenters. The summed E-state index contributed by atoms with van der Waals surface area (Å²) in [5.74, 6) is 2.47. The molecule has 0 N–H and O–H groups in total. The molecule has 2 aliphatic carbocycles. The number of nitrogens with zero attached hydrogens (tertiary/aromatic N) is 1. The summed E-state index contributed by atoms with van der Waals surface area (Å²) in [7, 11) is 2.12. The number of aryl methyl sites for hydroxylation is 1. The van der Waals surface area contributed by atoms with Gasteiger partial charge in [-0.05, 0) is 96.2 Å². The first-order chi connectivity index (χ1) is 16.4. The van der Waals surface area contributed by atoms with Gasteiger partial charge in [0.2, 0.25) is 5.69 Å². The van der Waals surface area contributed by atoms with Crippen LogP contribution in [-0.2, 0) is 7.05 Å². The van der Waals surface area contributed by atoms with Crippen molar-refractivity contribution in [3.63, 3.8) is 0 Å². The van der Waals surface area contributed by atoms with E-state index in [0.29, 0.717) is 12.0 Å². The van der Waals surface area contributed by atoms with Crippen LogP contribution in [0.3, 0.4) is 0 Å². The molecule has 2 aliphatic rings. The monoisotopic (exact) mass is 433 g/mol. The Morgan fingerprint density at radius 2 is 1.70 bits per heavy atom. The summed E-state index contributed by atoms with van der Waals surface area (Å²) in [5, 5.41) is 2.30. The molecule has 33 heavy (non-hydrogen) atoms. The Bertz CT molecular complexity index is 1420. The standard InChI is InChI=1S/C32H34N/c1-20-14-27(24-8-6-5-7-9-24)19-30(22(20)3)32-29-13-12-26(18-28(29)15-21(2)33(32)4)31-17-23-10-11-25(31)16-23/h5-9,12-15,18-19,23,25,31H,10-11,16-17H2,1-4H3/q+1/i15D. The minimum Gasteiger partial charge on any atom is -0.198 e. The third-order valence-corrected chi connectivity index (χ3v) is 8.65. The third-order valence-electron chi connectivity index (χ3n) is 8.65. The van der Waals surface area contributed by atoms with E-state index in [0.717, 1.165) is 22.9 Å². The second kappa shape index (κ2) is 7.83. The van der Waals surface area contributed by atoms with Crippen molar-refractivity contribution < 1.29 is 5.94 Å². The van der Waals surface area contributed by atoms with Crippen LogP contribution in [0.25, 0.3) is 33.2 Å². The Hall–Kier alpha value is -2.93. The van der Waals surface area contributed by atoms with Gasteiger partial charge in [-0.3, -0.25) is 0 Å². The number of rotatable bonds is 3. The van der Waals surface area contributed by atoms with Crippen molar-refractivity contribution in [1.29, 1.82) is 0 Å². The number of pyridine rings is 1. The topological polar surface area (TPSA) is 3.88 Å². The highest BCUT2D eigenvalue weighted by atomic mass is 14.9. The van der Waals surface area contributed by atoms with Crippen LogP contribution in [0, 0.1) is 32.6 Å². The summed E-state index contributed by atoms with van der Waals surface area (Å²) in [6, 6.07) is 23.0. The molecule has 0 amide bonds. The Balaban J connectivity index is 1.57.